The van der Waals surface area contributed by atoms with Gasteiger partial charge in [0.15, 0.2) is 0 Å². The highest BCUT2D eigenvalue weighted by atomic mass is 79.9. The average molecular weight is 354 g/mol. The van der Waals surface area contributed by atoms with E-state index < -0.39 is 0 Å². The molecule has 2 aromatic carbocycles. The average Bonchev–Trinajstić information content (AvgIpc) is 3.11. The first-order valence-electron chi connectivity index (χ1n) is 7.38. The fraction of sp³-hybridized carbons (Fsp3) is 0.167. The number of hydrogen-bond acceptors (Lipinski definition) is 2. The smallest absolute Gasteiger partial charge is 0.122 e. The van der Waals surface area contributed by atoms with Crippen molar-refractivity contribution < 1.29 is 0 Å². The molecule has 1 aromatic heterocycles. The van der Waals surface area contributed by atoms with Crippen molar-refractivity contribution in [2.75, 3.05) is 5.73 Å². The summed E-state index contributed by atoms with van der Waals surface area (Å²) in [4.78, 5) is 0. The molecule has 0 spiro atoms. The van der Waals surface area contributed by atoms with Gasteiger partial charge in [-0.25, -0.2) is 4.68 Å². The van der Waals surface area contributed by atoms with Gasteiger partial charge in [-0.15, -0.1) is 0 Å². The highest BCUT2D eigenvalue weighted by Crippen LogP contribution is 2.32. The summed E-state index contributed by atoms with van der Waals surface area (Å²) in [6.07, 6.45) is 2.00. The quantitative estimate of drug-likeness (QED) is 0.748. The van der Waals surface area contributed by atoms with Gasteiger partial charge in [0.05, 0.1) is 11.7 Å². The van der Waals surface area contributed by atoms with Gasteiger partial charge < -0.3 is 5.73 Å². The third kappa shape index (κ3) is 2.33. The van der Waals surface area contributed by atoms with Gasteiger partial charge in [-0.05, 0) is 36.1 Å². The van der Waals surface area contributed by atoms with Gasteiger partial charge in [0.25, 0.3) is 0 Å². The lowest BCUT2D eigenvalue weighted by atomic mass is 10.1. The van der Waals surface area contributed by atoms with E-state index in [2.05, 4.69) is 52.3 Å². The number of benzene rings is 2. The number of anilines is 1. The van der Waals surface area contributed by atoms with Crippen LogP contribution in [0.1, 0.15) is 17.2 Å². The van der Waals surface area contributed by atoms with Crippen molar-refractivity contribution >= 4 is 21.7 Å². The van der Waals surface area contributed by atoms with Gasteiger partial charge in [-0.2, -0.15) is 5.10 Å². The van der Waals surface area contributed by atoms with E-state index in [4.69, 9.17) is 10.8 Å². The number of aromatic nitrogens is 2. The lowest BCUT2D eigenvalue weighted by molar-refractivity contribution is 0.483. The Morgan fingerprint density at radius 1 is 1.00 bits per heavy atom. The maximum atomic E-state index is 6.21. The molecule has 3 nitrogen and oxygen atoms in total. The molecule has 0 atom stereocenters. The molecule has 110 valence electrons. The molecule has 0 radical (unpaired) electrons. The second kappa shape index (κ2) is 5.29. The summed E-state index contributed by atoms with van der Waals surface area (Å²) in [5.74, 6) is 0.732. The molecule has 22 heavy (non-hydrogen) atoms. The molecule has 4 rings (SSSR count). The first-order chi connectivity index (χ1) is 10.7. The Kier molecular flexibility index (Phi) is 3.26. The summed E-state index contributed by atoms with van der Waals surface area (Å²) in [6, 6.07) is 19.0. The zero-order valence-electron chi connectivity index (χ0n) is 12.0. The number of rotatable bonds is 2. The normalized spacial score (nSPS) is 14.2. The van der Waals surface area contributed by atoms with Crippen molar-refractivity contribution in [1.82, 2.24) is 9.78 Å². The first kappa shape index (κ1) is 13.6. The highest BCUT2D eigenvalue weighted by molar-refractivity contribution is 9.10. The third-order valence-electron chi connectivity index (χ3n) is 4.28. The molecule has 0 bridgehead atoms. The molecular formula is C18H16BrN3. The van der Waals surface area contributed by atoms with Crippen LogP contribution >= 0.6 is 15.9 Å². The zero-order valence-corrected chi connectivity index (χ0v) is 13.6. The Morgan fingerprint density at radius 2 is 1.64 bits per heavy atom. The topological polar surface area (TPSA) is 43.8 Å². The minimum Gasteiger partial charge on any atom is -0.384 e. The van der Waals surface area contributed by atoms with Crippen LogP contribution in [0.3, 0.4) is 0 Å². The first-order valence-corrected chi connectivity index (χ1v) is 8.18. The molecule has 1 aliphatic carbocycles. The van der Waals surface area contributed by atoms with Crippen LogP contribution in [0.5, 0.6) is 0 Å². The lowest BCUT2D eigenvalue weighted by Gasteiger charge is -2.11. The maximum absolute atomic E-state index is 6.21. The van der Waals surface area contributed by atoms with Gasteiger partial charge in [0, 0.05) is 16.1 Å². The molecule has 0 saturated heterocycles. The Labute approximate surface area is 137 Å². The van der Waals surface area contributed by atoms with Crippen LogP contribution in [-0.2, 0) is 12.8 Å². The van der Waals surface area contributed by atoms with E-state index in [1.807, 2.05) is 22.9 Å². The standard InChI is InChI=1S/C18H16BrN3/c19-15-7-5-12(6-8-15)17-11-18(20)22(21-17)16-9-13-3-1-2-4-14(13)10-16/h1-8,11,16H,9-10,20H2. The summed E-state index contributed by atoms with van der Waals surface area (Å²) in [6.45, 7) is 0. The van der Waals surface area contributed by atoms with Crippen LogP contribution in [0.25, 0.3) is 11.3 Å². The summed E-state index contributed by atoms with van der Waals surface area (Å²) >= 11 is 3.46. The van der Waals surface area contributed by atoms with E-state index >= 15 is 0 Å². The number of fused-ring (bicyclic) bond motifs is 1. The Bertz CT molecular complexity index is 796. The molecule has 4 heteroatoms. The number of hydrogen-bond donors (Lipinski definition) is 1. The second-order valence-corrected chi connectivity index (χ2v) is 6.65. The molecule has 1 heterocycles. The minimum atomic E-state index is 0.321. The van der Waals surface area contributed by atoms with Gasteiger partial charge in [0.1, 0.15) is 5.82 Å². The van der Waals surface area contributed by atoms with E-state index in [-0.39, 0.29) is 0 Å². The summed E-state index contributed by atoms with van der Waals surface area (Å²) < 4.78 is 3.05. The van der Waals surface area contributed by atoms with Crippen molar-refractivity contribution in [3.8, 4) is 11.3 Å². The Hall–Kier alpha value is -2.07. The van der Waals surface area contributed by atoms with E-state index in [0.717, 1.165) is 34.4 Å². The lowest BCUT2D eigenvalue weighted by Crippen LogP contribution is -2.13. The maximum Gasteiger partial charge on any atom is 0.122 e. The minimum absolute atomic E-state index is 0.321. The number of halogens is 1. The van der Waals surface area contributed by atoms with E-state index in [9.17, 15) is 0 Å². The molecule has 0 fully saturated rings. The Morgan fingerprint density at radius 3 is 2.27 bits per heavy atom. The number of nitrogens with zero attached hydrogens (tertiary/aromatic N) is 2. The molecule has 0 aliphatic heterocycles. The largest absolute Gasteiger partial charge is 0.384 e. The molecule has 0 saturated carbocycles. The molecule has 1 aliphatic rings. The van der Waals surface area contributed by atoms with Gasteiger partial charge >= 0.3 is 0 Å². The fourth-order valence-electron chi connectivity index (χ4n) is 3.17. The van der Waals surface area contributed by atoms with Gasteiger partial charge in [0.2, 0.25) is 0 Å². The summed E-state index contributed by atoms with van der Waals surface area (Å²) in [5, 5.41) is 4.75. The van der Waals surface area contributed by atoms with Crippen molar-refractivity contribution in [3.63, 3.8) is 0 Å². The van der Waals surface area contributed by atoms with Crippen molar-refractivity contribution in [1.29, 1.82) is 0 Å². The van der Waals surface area contributed by atoms with E-state index in [0.29, 0.717) is 6.04 Å². The summed E-state index contributed by atoms with van der Waals surface area (Å²) in [7, 11) is 0. The predicted molar refractivity (Wildman–Crippen MR) is 92.7 cm³/mol. The van der Waals surface area contributed by atoms with Crippen LogP contribution in [0, 0.1) is 0 Å². The predicted octanol–water partition coefficient (Wildman–Crippen LogP) is 4.23. The van der Waals surface area contributed by atoms with E-state index in [1.165, 1.54) is 11.1 Å². The van der Waals surface area contributed by atoms with Crippen molar-refractivity contribution in [2.45, 2.75) is 18.9 Å². The van der Waals surface area contributed by atoms with Gasteiger partial charge in [-0.1, -0.05) is 52.3 Å². The van der Waals surface area contributed by atoms with Gasteiger partial charge in [-0.3, -0.25) is 0 Å². The van der Waals surface area contributed by atoms with Crippen LogP contribution in [0.4, 0.5) is 5.82 Å². The molecule has 2 N–H and O–H groups in total. The fourth-order valence-corrected chi connectivity index (χ4v) is 3.44. The SMILES string of the molecule is Nc1cc(-c2ccc(Br)cc2)nn1C1Cc2ccccc2C1. The van der Waals surface area contributed by atoms with Crippen LogP contribution in [0.15, 0.2) is 59.1 Å². The van der Waals surface area contributed by atoms with E-state index in [1.54, 1.807) is 0 Å². The molecule has 0 amide bonds. The van der Waals surface area contributed by atoms with Crippen molar-refractivity contribution in [2.24, 2.45) is 0 Å². The third-order valence-corrected chi connectivity index (χ3v) is 4.81. The Balaban J connectivity index is 1.66. The second-order valence-electron chi connectivity index (χ2n) is 5.74. The van der Waals surface area contributed by atoms with Crippen molar-refractivity contribution in [3.05, 3.63) is 70.2 Å². The summed E-state index contributed by atoms with van der Waals surface area (Å²) in [5.41, 5.74) is 11.1. The monoisotopic (exact) mass is 353 g/mol. The van der Waals surface area contributed by atoms with Crippen LogP contribution < -0.4 is 5.73 Å². The molecular weight excluding hydrogens is 338 g/mol. The van der Waals surface area contributed by atoms with Crippen LogP contribution in [0.2, 0.25) is 0 Å². The molecule has 3 aromatic rings. The highest BCUT2D eigenvalue weighted by Gasteiger charge is 2.24. The molecule has 0 unspecified atom stereocenters. The zero-order chi connectivity index (χ0) is 15.1. The number of nitrogens with two attached hydrogens (primary N) is 1. The van der Waals surface area contributed by atoms with Crippen LogP contribution in [-0.4, -0.2) is 9.78 Å². The number of nitrogen functional groups attached to an aromatic ring is 1.